The van der Waals surface area contributed by atoms with Crippen molar-refractivity contribution in [1.82, 2.24) is 9.80 Å². The van der Waals surface area contributed by atoms with Crippen molar-refractivity contribution in [3.8, 4) is 0 Å². The molecule has 1 amide bonds. The molecule has 2 atom stereocenters. The van der Waals surface area contributed by atoms with Gasteiger partial charge in [0.1, 0.15) is 4.90 Å². The molecule has 4 aliphatic rings. The molecule has 5 rings (SSSR count). The minimum Gasteiger partial charge on any atom is -0.355 e. The van der Waals surface area contributed by atoms with Crippen molar-refractivity contribution in [2.24, 2.45) is 22.2 Å². The SMILES string of the molecule is O=C(C1CCN(C2=NS(=O)(=O)c3ccccc32)CC1)N1CC2CCCC2C1. The lowest BCUT2D eigenvalue weighted by Gasteiger charge is -2.34. The third-order valence-electron chi connectivity index (χ3n) is 6.79. The van der Waals surface area contributed by atoms with E-state index in [4.69, 9.17) is 0 Å². The summed E-state index contributed by atoms with van der Waals surface area (Å²) >= 11 is 0. The summed E-state index contributed by atoms with van der Waals surface area (Å²) in [6.07, 6.45) is 5.42. The Bertz CT molecular complexity index is 891. The molecule has 27 heavy (non-hydrogen) atoms. The average Bonchev–Trinajstić information content (AvgIpc) is 3.34. The first-order chi connectivity index (χ1) is 13.0. The minimum atomic E-state index is -3.58. The van der Waals surface area contributed by atoms with Gasteiger partial charge in [-0.1, -0.05) is 18.6 Å². The predicted octanol–water partition coefficient (Wildman–Crippen LogP) is 2.11. The number of hydrogen-bond acceptors (Lipinski definition) is 4. The highest BCUT2D eigenvalue weighted by atomic mass is 32.2. The van der Waals surface area contributed by atoms with E-state index in [1.54, 1.807) is 12.1 Å². The fourth-order valence-electron chi connectivity index (χ4n) is 5.33. The van der Waals surface area contributed by atoms with E-state index in [2.05, 4.69) is 9.30 Å². The Hall–Kier alpha value is -1.89. The van der Waals surface area contributed by atoms with E-state index in [-0.39, 0.29) is 5.92 Å². The average molecular weight is 388 g/mol. The van der Waals surface area contributed by atoms with Gasteiger partial charge in [-0.2, -0.15) is 8.42 Å². The zero-order valence-electron chi connectivity index (χ0n) is 15.4. The molecule has 2 unspecified atom stereocenters. The number of nitrogens with zero attached hydrogens (tertiary/aromatic N) is 3. The lowest BCUT2D eigenvalue weighted by Crippen LogP contribution is -2.44. The smallest absolute Gasteiger partial charge is 0.285 e. The Morgan fingerprint density at radius 1 is 1.00 bits per heavy atom. The van der Waals surface area contributed by atoms with Gasteiger partial charge in [0, 0.05) is 37.7 Å². The second-order valence-corrected chi connectivity index (χ2v) is 9.91. The normalized spacial score (nSPS) is 29.6. The van der Waals surface area contributed by atoms with Crippen molar-refractivity contribution in [2.75, 3.05) is 26.2 Å². The molecule has 0 radical (unpaired) electrons. The van der Waals surface area contributed by atoms with Crippen LogP contribution in [0.2, 0.25) is 0 Å². The Morgan fingerprint density at radius 2 is 1.67 bits per heavy atom. The van der Waals surface area contributed by atoms with Crippen LogP contribution >= 0.6 is 0 Å². The van der Waals surface area contributed by atoms with Gasteiger partial charge in [0.15, 0.2) is 5.84 Å². The molecule has 0 bridgehead atoms. The molecule has 3 fully saturated rings. The number of carbonyl (C=O) groups is 1. The first-order valence-corrected chi connectivity index (χ1v) is 11.4. The predicted molar refractivity (Wildman–Crippen MR) is 102 cm³/mol. The molecule has 6 nitrogen and oxygen atoms in total. The summed E-state index contributed by atoms with van der Waals surface area (Å²) in [6.45, 7) is 3.25. The van der Waals surface area contributed by atoms with Crippen LogP contribution in [0.25, 0.3) is 0 Å². The number of piperidine rings is 1. The molecule has 3 aliphatic heterocycles. The van der Waals surface area contributed by atoms with Crippen LogP contribution in [0.4, 0.5) is 0 Å². The van der Waals surface area contributed by atoms with Gasteiger partial charge in [-0.15, -0.1) is 4.40 Å². The quantitative estimate of drug-likeness (QED) is 0.740. The third-order valence-corrected chi connectivity index (χ3v) is 8.12. The molecule has 1 aromatic carbocycles. The van der Waals surface area contributed by atoms with Crippen LogP contribution in [0.1, 0.15) is 37.7 Å². The molecule has 1 aromatic rings. The molecule has 0 spiro atoms. The number of likely N-dealkylation sites (tertiary alicyclic amines) is 2. The van der Waals surface area contributed by atoms with Crippen molar-refractivity contribution < 1.29 is 13.2 Å². The van der Waals surface area contributed by atoms with Crippen molar-refractivity contribution in [1.29, 1.82) is 0 Å². The van der Waals surface area contributed by atoms with Gasteiger partial charge in [0.05, 0.1) is 0 Å². The number of rotatable bonds is 1. The van der Waals surface area contributed by atoms with E-state index in [0.29, 0.717) is 35.3 Å². The van der Waals surface area contributed by atoms with Crippen molar-refractivity contribution >= 4 is 21.8 Å². The fraction of sp³-hybridized carbons (Fsp3) is 0.600. The van der Waals surface area contributed by atoms with E-state index >= 15 is 0 Å². The van der Waals surface area contributed by atoms with Gasteiger partial charge in [-0.3, -0.25) is 4.79 Å². The van der Waals surface area contributed by atoms with E-state index in [9.17, 15) is 13.2 Å². The summed E-state index contributed by atoms with van der Waals surface area (Å²) < 4.78 is 28.6. The summed E-state index contributed by atoms with van der Waals surface area (Å²) in [5.74, 6) is 2.37. The molecule has 7 heteroatoms. The summed E-state index contributed by atoms with van der Waals surface area (Å²) in [5.41, 5.74) is 0.689. The standard InChI is InChI=1S/C20H25N3O3S/c24-20(23-12-15-4-3-5-16(15)13-23)14-8-10-22(11-9-14)19-17-6-1-2-7-18(17)27(25,26)21-19/h1-2,6-7,14-16H,3-5,8-13H2. The van der Waals surface area contributed by atoms with Gasteiger partial charge >= 0.3 is 0 Å². The minimum absolute atomic E-state index is 0.0638. The Morgan fingerprint density at radius 3 is 2.37 bits per heavy atom. The molecular weight excluding hydrogens is 362 g/mol. The van der Waals surface area contributed by atoms with Crippen LogP contribution in [-0.4, -0.2) is 56.1 Å². The Labute approximate surface area is 160 Å². The summed E-state index contributed by atoms with van der Waals surface area (Å²) in [6, 6.07) is 7.00. The second-order valence-electron chi connectivity index (χ2n) is 8.34. The second kappa shape index (κ2) is 6.33. The fourth-order valence-corrected chi connectivity index (χ4v) is 6.56. The Balaban J connectivity index is 1.25. The molecule has 1 saturated carbocycles. The third kappa shape index (κ3) is 2.87. The number of sulfonamides is 1. The number of benzene rings is 1. The molecule has 144 valence electrons. The monoisotopic (exact) mass is 387 g/mol. The van der Waals surface area contributed by atoms with Crippen LogP contribution in [0.15, 0.2) is 33.6 Å². The van der Waals surface area contributed by atoms with Crippen LogP contribution in [0, 0.1) is 17.8 Å². The molecule has 0 aromatic heterocycles. The molecular formula is C20H25N3O3S. The highest BCUT2D eigenvalue weighted by molar-refractivity contribution is 7.90. The van der Waals surface area contributed by atoms with E-state index < -0.39 is 10.0 Å². The van der Waals surface area contributed by atoms with Crippen LogP contribution < -0.4 is 0 Å². The van der Waals surface area contributed by atoms with Crippen LogP contribution in [0.5, 0.6) is 0 Å². The zero-order valence-corrected chi connectivity index (χ0v) is 16.2. The first kappa shape index (κ1) is 17.2. The number of fused-ring (bicyclic) bond motifs is 2. The van der Waals surface area contributed by atoms with Gasteiger partial charge in [0.25, 0.3) is 10.0 Å². The molecule has 3 heterocycles. The first-order valence-electron chi connectivity index (χ1n) is 10.0. The van der Waals surface area contributed by atoms with Crippen LogP contribution in [-0.2, 0) is 14.8 Å². The molecule has 0 N–H and O–H groups in total. The molecule has 2 saturated heterocycles. The maximum absolute atomic E-state index is 12.9. The van der Waals surface area contributed by atoms with E-state index in [1.807, 2.05) is 17.0 Å². The lowest BCUT2D eigenvalue weighted by molar-refractivity contribution is -0.136. The van der Waals surface area contributed by atoms with Gasteiger partial charge in [-0.25, -0.2) is 0 Å². The van der Waals surface area contributed by atoms with Crippen molar-refractivity contribution in [2.45, 2.75) is 37.0 Å². The van der Waals surface area contributed by atoms with E-state index in [1.165, 1.54) is 19.3 Å². The number of carbonyl (C=O) groups excluding carboxylic acids is 1. The van der Waals surface area contributed by atoms with Crippen LogP contribution in [0.3, 0.4) is 0 Å². The number of hydrogen-bond donors (Lipinski definition) is 0. The summed E-state index contributed by atoms with van der Waals surface area (Å²) in [4.78, 5) is 17.4. The summed E-state index contributed by atoms with van der Waals surface area (Å²) in [7, 11) is -3.58. The maximum atomic E-state index is 12.9. The summed E-state index contributed by atoms with van der Waals surface area (Å²) in [5, 5.41) is 0. The van der Waals surface area contributed by atoms with Gasteiger partial charge in [0.2, 0.25) is 5.91 Å². The number of amidine groups is 1. The topological polar surface area (TPSA) is 70.0 Å². The van der Waals surface area contributed by atoms with Gasteiger partial charge in [-0.05, 0) is 49.7 Å². The largest absolute Gasteiger partial charge is 0.355 e. The number of amides is 1. The zero-order chi connectivity index (χ0) is 18.6. The molecule has 1 aliphatic carbocycles. The highest BCUT2D eigenvalue weighted by Gasteiger charge is 2.41. The Kier molecular flexibility index (Phi) is 4.04. The highest BCUT2D eigenvalue weighted by Crippen LogP contribution is 2.39. The van der Waals surface area contributed by atoms with Crippen molar-refractivity contribution in [3.63, 3.8) is 0 Å². The van der Waals surface area contributed by atoms with Crippen molar-refractivity contribution in [3.05, 3.63) is 29.8 Å². The van der Waals surface area contributed by atoms with Gasteiger partial charge < -0.3 is 9.80 Å². The lowest BCUT2D eigenvalue weighted by atomic mass is 9.94. The van der Waals surface area contributed by atoms with E-state index in [0.717, 1.165) is 37.8 Å². The maximum Gasteiger partial charge on any atom is 0.285 e.